The van der Waals surface area contributed by atoms with Crippen molar-refractivity contribution in [3.8, 4) is 11.5 Å². The lowest BCUT2D eigenvalue weighted by atomic mass is 10.0. The molecule has 0 spiro atoms. The Morgan fingerprint density at radius 1 is 1.22 bits per heavy atom. The van der Waals surface area contributed by atoms with Gasteiger partial charge in [0.25, 0.3) is 5.22 Å². The Labute approximate surface area is 163 Å². The fraction of sp³-hybridized carbons (Fsp3) is 0.474. The second kappa shape index (κ2) is 10.1. The van der Waals surface area contributed by atoms with E-state index in [-0.39, 0.29) is 24.1 Å². The van der Waals surface area contributed by atoms with Crippen LogP contribution in [0, 0.1) is 0 Å². The SMILES string of the molecule is CCCNC(=O)CN(C)C(=O)CSc1nnc(-c2ccc(C(C)C)cc2)o1. The van der Waals surface area contributed by atoms with Gasteiger partial charge >= 0.3 is 0 Å². The molecule has 1 aromatic heterocycles. The molecule has 0 radical (unpaired) electrons. The summed E-state index contributed by atoms with van der Waals surface area (Å²) >= 11 is 1.16. The van der Waals surface area contributed by atoms with Gasteiger partial charge in [-0.05, 0) is 30.0 Å². The number of thioether (sulfide) groups is 1. The number of benzene rings is 1. The number of carbonyl (C=O) groups excluding carboxylic acids is 2. The highest BCUT2D eigenvalue weighted by molar-refractivity contribution is 7.99. The minimum absolute atomic E-state index is 0.0384. The first-order valence-electron chi connectivity index (χ1n) is 8.98. The van der Waals surface area contributed by atoms with Gasteiger partial charge in [-0.2, -0.15) is 0 Å². The van der Waals surface area contributed by atoms with Gasteiger partial charge < -0.3 is 14.6 Å². The molecule has 146 valence electrons. The van der Waals surface area contributed by atoms with Crippen LogP contribution in [0.25, 0.3) is 11.5 Å². The van der Waals surface area contributed by atoms with Gasteiger partial charge in [-0.3, -0.25) is 9.59 Å². The number of carbonyl (C=O) groups is 2. The molecule has 0 saturated heterocycles. The molecule has 2 rings (SSSR count). The molecule has 27 heavy (non-hydrogen) atoms. The Morgan fingerprint density at radius 3 is 2.56 bits per heavy atom. The molecular weight excluding hydrogens is 364 g/mol. The number of nitrogens with one attached hydrogen (secondary N) is 1. The number of hydrogen-bond acceptors (Lipinski definition) is 6. The third-order valence-corrected chi connectivity index (χ3v) is 4.73. The van der Waals surface area contributed by atoms with Crippen LogP contribution in [0.15, 0.2) is 33.9 Å². The van der Waals surface area contributed by atoms with Crippen LogP contribution in [0.1, 0.15) is 38.7 Å². The van der Waals surface area contributed by atoms with E-state index in [4.69, 9.17) is 4.42 Å². The fourth-order valence-corrected chi connectivity index (χ4v) is 2.96. The molecule has 0 saturated carbocycles. The summed E-state index contributed by atoms with van der Waals surface area (Å²) in [5, 5.41) is 11.1. The maximum atomic E-state index is 12.1. The minimum atomic E-state index is -0.173. The van der Waals surface area contributed by atoms with E-state index in [9.17, 15) is 9.59 Å². The number of hydrogen-bond donors (Lipinski definition) is 1. The third-order valence-electron chi connectivity index (χ3n) is 3.93. The van der Waals surface area contributed by atoms with E-state index >= 15 is 0 Å². The first kappa shape index (κ1) is 21.0. The van der Waals surface area contributed by atoms with Gasteiger partial charge in [0.1, 0.15) is 0 Å². The highest BCUT2D eigenvalue weighted by Crippen LogP contribution is 2.25. The molecule has 0 atom stereocenters. The molecule has 0 unspecified atom stereocenters. The van der Waals surface area contributed by atoms with Crippen LogP contribution >= 0.6 is 11.8 Å². The fourth-order valence-electron chi connectivity index (χ4n) is 2.25. The average Bonchev–Trinajstić information content (AvgIpc) is 3.13. The lowest BCUT2D eigenvalue weighted by Gasteiger charge is -2.15. The maximum Gasteiger partial charge on any atom is 0.277 e. The number of rotatable bonds is 9. The number of nitrogens with zero attached hydrogens (tertiary/aromatic N) is 3. The van der Waals surface area contributed by atoms with Gasteiger partial charge in [-0.25, -0.2) is 0 Å². The second-order valence-corrected chi connectivity index (χ2v) is 7.46. The van der Waals surface area contributed by atoms with E-state index in [0.29, 0.717) is 23.6 Å². The van der Waals surface area contributed by atoms with Crippen molar-refractivity contribution in [1.82, 2.24) is 20.4 Å². The Bertz CT molecular complexity index is 759. The van der Waals surface area contributed by atoms with Crippen molar-refractivity contribution in [2.24, 2.45) is 0 Å². The standard InChI is InChI=1S/C19H26N4O3S/c1-5-10-20-16(24)11-23(4)17(25)12-27-19-22-21-18(26-19)15-8-6-14(7-9-15)13(2)3/h6-9,13H,5,10-12H2,1-4H3,(H,20,24). The van der Waals surface area contributed by atoms with Crippen LogP contribution in [0.2, 0.25) is 0 Å². The maximum absolute atomic E-state index is 12.1. The second-order valence-electron chi connectivity index (χ2n) is 6.54. The zero-order chi connectivity index (χ0) is 19.8. The van der Waals surface area contributed by atoms with Gasteiger partial charge in [0, 0.05) is 19.2 Å². The molecule has 0 aliphatic carbocycles. The van der Waals surface area contributed by atoms with Gasteiger partial charge in [0.05, 0.1) is 12.3 Å². The minimum Gasteiger partial charge on any atom is -0.411 e. The molecule has 0 fully saturated rings. The van der Waals surface area contributed by atoms with E-state index < -0.39 is 0 Å². The number of likely N-dealkylation sites (N-methyl/N-ethyl adjacent to an activating group) is 1. The average molecular weight is 391 g/mol. The zero-order valence-corrected chi connectivity index (χ0v) is 17.0. The van der Waals surface area contributed by atoms with Crippen molar-refractivity contribution in [2.75, 3.05) is 25.9 Å². The topological polar surface area (TPSA) is 88.3 Å². The quantitative estimate of drug-likeness (QED) is 0.662. The highest BCUT2D eigenvalue weighted by atomic mass is 32.2. The van der Waals surface area contributed by atoms with Crippen molar-refractivity contribution < 1.29 is 14.0 Å². The van der Waals surface area contributed by atoms with Crippen molar-refractivity contribution in [3.63, 3.8) is 0 Å². The summed E-state index contributed by atoms with van der Waals surface area (Å²) in [6.07, 6.45) is 0.860. The van der Waals surface area contributed by atoms with Crippen LogP contribution in [0.3, 0.4) is 0 Å². The van der Waals surface area contributed by atoms with E-state index in [2.05, 4.69) is 29.4 Å². The molecule has 0 aliphatic rings. The van der Waals surface area contributed by atoms with Crippen LogP contribution in [0.4, 0.5) is 0 Å². The van der Waals surface area contributed by atoms with Crippen LogP contribution < -0.4 is 5.32 Å². The first-order chi connectivity index (χ1) is 12.9. The molecule has 7 nitrogen and oxygen atoms in total. The molecule has 0 bridgehead atoms. The molecule has 2 aromatic rings. The Morgan fingerprint density at radius 2 is 1.93 bits per heavy atom. The van der Waals surface area contributed by atoms with Crippen LogP contribution in [-0.4, -0.2) is 52.8 Å². The van der Waals surface area contributed by atoms with E-state index in [1.54, 1.807) is 7.05 Å². The van der Waals surface area contributed by atoms with Crippen molar-refractivity contribution in [1.29, 1.82) is 0 Å². The molecule has 1 aromatic carbocycles. The molecule has 1 heterocycles. The van der Waals surface area contributed by atoms with E-state index in [1.807, 2.05) is 31.2 Å². The van der Waals surface area contributed by atoms with Crippen LogP contribution in [-0.2, 0) is 9.59 Å². The van der Waals surface area contributed by atoms with Crippen LogP contribution in [0.5, 0.6) is 0 Å². The summed E-state index contributed by atoms with van der Waals surface area (Å²) in [5.74, 6) is 0.675. The van der Waals surface area contributed by atoms with Gasteiger partial charge in [0.2, 0.25) is 17.7 Å². The summed E-state index contributed by atoms with van der Waals surface area (Å²) in [7, 11) is 1.60. The molecule has 2 amide bonds. The number of aromatic nitrogens is 2. The lowest BCUT2D eigenvalue weighted by molar-refractivity contribution is -0.132. The van der Waals surface area contributed by atoms with E-state index in [1.165, 1.54) is 10.5 Å². The smallest absolute Gasteiger partial charge is 0.277 e. The molecule has 0 aliphatic heterocycles. The van der Waals surface area contributed by atoms with Gasteiger partial charge in [0.15, 0.2) is 0 Å². The molecule has 8 heteroatoms. The number of amides is 2. The summed E-state index contributed by atoms with van der Waals surface area (Å²) in [5.41, 5.74) is 2.08. The predicted octanol–water partition coefficient (Wildman–Crippen LogP) is 2.94. The predicted molar refractivity (Wildman–Crippen MR) is 105 cm³/mol. The normalized spacial score (nSPS) is 10.9. The first-order valence-corrected chi connectivity index (χ1v) is 9.96. The lowest BCUT2D eigenvalue weighted by Crippen LogP contribution is -2.39. The zero-order valence-electron chi connectivity index (χ0n) is 16.2. The van der Waals surface area contributed by atoms with Crippen molar-refractivity contribution in [3.05, 3.63) is 29.8 Å². The van der Waals surface area contributed by atoms with Gasteiger partial charge in [-0.1, -0.05) is 44.7 Å². The monoisotopic (exact) mass is 390 g/mol. The van der Waals surface area contributed by atoms with Gasteiger partial charge in [-0.15, -0.1) is 10.2 Å². The summed E-state index contributed by atoms with van der Waals surface area (Å²) in [6.45, 7) is 6.90. The Hall–Kier alpha value is -2.35. The molecule has 1 N–H and O–H groups in total. The third kappa shape index (κ3) is 6.39. The van der Waals surface area contributed by atoms with E-state index in [0.717, 1.165) is 23.7 Å². The Kier molecular flexibility index (Phi) is 7.84. The van der Waals surface area contributed by atoms with Crippen molar-refractivity contribution in [2.45, 2.75) is 38.3 Å². The summed E-state index contributed by atoms with van der Waals surface area (Å²) in [4.78, 5) is 25.2. The summed E-state index contributed by atoms with van der Waals surface area (Å²) in [6, 6.07) is 7.98. The largest absolute Gasteiger partial charge is 0.411 e. The Balaban J connectivity index is 1.86. The summed E-state index contributed by atoms with van der Waals surface area (Å²) < 4.78 is 5.63. The highest BCUT2D eigenvalue weighted by Gasteiger charge is 2.16. The molecular formula is C19H26N4O3S. The van der Waals surface area contributed by atoms with Crippen molar-refractivity contribution >= 4 is 23.6 Å².